The summed E-state index contributed by atoms with van der Waals surface area (Å²) >= 11 is 0. The van der Waals surface area contributed by atoms with E-state index in [1.807, 2.05) is 31.2 Å². The third-order valence-corrected chi connectivity index (χ3v) is 4.89. The monoisotopic (exact) mass is 486 g/mol. The van der Waals surface area contributed by atoms with Gasteiger partial charge in [0, 0.05) is 24.2 Å². The summed E-state index contributed by atoms with van der Waals surface area (Å²) in [5, 5.41) is 9.90. The molecule has 1 saturated carbocycles. The van der Waals surface area contributed by atoms with Crippen LogP contribution in [0.4, 0.5) is 0 Å². The topological polar surface area (TPSA) is 65.5 Å². The zero-order valence-electron chi connectivity index (χ0n) is 16.9. The van der Waals surface area contributed by atoms with E-state index in [-0.39, 0.29) is 35.9 Å². The molecule has 1 atom stereocenters. The molecule has 1 aromatic rings. The zero-order valence-corrected chi connectivity index (χ0v) is 19.2. The lowest BCUT2D eigenvalue weighted by Gasteiger charge is -2.24. The van der Waals surface area contributed by atoms with Gasteiger partial charge in [0.2, 0.25) is 0 Å². The van der Waals surface area contributed by atoms with Crippen LogP contribution >= 0.6 is 24.0 Å². The summed E-state index contributed by atoms with van der Waals surface area (Å²) in [7, 11) is 0. The van der Waals surface area contributed by atoms with Crippen LogP contribution in [0.5, 0.6) is 0 Å². The molecule has 0 radical (unpaired) electrons. The molecule has 0 saturated heterocycles. The number of hydrogen-bond donors (Lipinski definition) is 3. The molecule has 5 nitrogen and oxygen atoms in total. The Bertz CT molecular complexity index is 600. The summed E-state index contributed by atoms with van der Waals surface area (Å²) in [5.74, 6) is 0.853. The third kappa shape index (κ3) is 8.49. The van der Waals surface area contributed by atoms with Gasteiger partial charge in [0.1, 0.15) is 0 Å². The quantitative estimate of drug-likeness (QED) is 0.307. The highest BCUT2D eigenvalue weighted by molar-refractivity contribution is 14.0. The molecule has 3 N–H and O–H groups in total. The van der Waals surface area contributed by atoms with Gasteiger partial charge in [-0.25, -0.2) is 4.99 Å². The number of guanidine groups is 1. The SMILES string of the molecule is CCNC(=NCc1cccc(C(=O)NC(C)CC)c1)NC1CCCCC1.I. The summed E-state index contributed by atoms with van der Waals surface area (Å²) in [5.41, 5.74) is 1.74. The molecule has 1 unspecified atom stereocenters. The van der Waals surface area contributed by atoms with Crippen molar-refractivity contribution in [2.24, 2.45) is 4.99 Å². The Kier molecular flexibility index (Phi) is 11.4. The van der Waals surface area contributed by atoms with Crippen molar-refractivity contribution in [2.45, 2.75) is 77.9 Å². The Morgan fingerprint density at radius 3 is 2.63 bits per heavy atom. The molecule has 2 rings (SSSR count). The van der Waals surface area contributed by atoms with Crippen LogP contribution in [-0.4, -0.2) is 30.5 Å². The minimum Gasteiger partial charge on any atom is -0.357 e. The highest BCUT2D eigenvalue weighted by Crippen LogP contribution is 2.17. The van der Waals surface area contributed by atoms with E-state index in [1.54, 1.807) is 0 Å². The second-order valence-electron chi connectivity index (χ2n) is 7.16. The summed E-state index contributed by atoms with van der Waals surface area (Å²) in [4.78, 5) is 17.0. The van der Waals surface area contributed by atoms with Gasteiger partial charge in [0.15, 0.2) is 5.96 Å². The minimum absolute atomic E-state index is 0. The number of carbonyl (C=O) groups excluding carboxylic acids is 1. The standard InChI is InChI=1S/C21H34N4O.HI/c1-4-16(3)24-20(26)18-11-9-10-17(14-18)15-23-21(22-5-2)25-19-12-7-6-8-13-19;/h9-11,14,16,19H,4-8,12-13,15H2,1-3H3,(H,24,26)(H2,22,23,25);1H. The van der Waals surface area contributed by atoms with E-state index in [9.17, 15) is 4.79 Å². The Labute approximate surface area is 181 Å². The number of nitrogens with zero attached hydrogens (tertiary/aromatic N) is 1. The van der Waals surface area contributed by atoms with Crippen molar-refractivity contribution < 1.29 is 4.79 Å². The molecule has 1 aliphatic rings. The predicted molar refractivity (Wildman–Crippen MR) is 124 cm³/mol. The van der Waals surface area contributed by atoms with Gasteiger partial charge in [0.05, 0.1) is 6.54 Å². The minimum atomic E-state index is -0.0163. The van der Waals surface area contributed by atoms with E-state index in [0.717, 1.165) is 24.5 Å². The molecule has 27 heavy (non-hydrogen) atoms. The maximum absolute atomic E-state index is 12.3. The van der Waals surface area contributed by atoms with Crippen LogP contribution in [-0.2, 0) is 6.54 Å². The molecule has 0 aromatic heterocycles. The van der Waals surface area contributed by atoms with Crippen LogP contribution < -0.4 is 16.0 Å². The Morgan fingerprint density at radius 1 is 1.22 bits per heavy atom. The highest BCUT2D eigenvalue weighted by atomic mass is 127. The van der Waals surface area contributed by atoms with Gasteiger partial charge >= 0.3 is 0 Å². The maximum atomic E-state index is 12.3. The lowest BCUT2D eigenvalue weighted by molar-refractivity contribution is 0.0939. The summed E-state index contributed by atoms with van der Waals surface area (Å²) in [6.45, 7) is 7.57. The molecule has 0 spiro atoms. The van der Waals surface area contributed by atoms with Crippen LogP contribution in [0.25, 0.3) is 0 Å². The van der Waals surface area contributed by atoms with Gasteiger partial charge in [-0.15, -0.1) is 24.0 Å². The first-order chi connectivity index (χ1) is 12.6. The van der Waals surface area contributed by atoms with E-state index >= 15 is 0 Å². The average Bonchev–Trinajstić information content (AvgIpc) is 2.67. The van der Waals surface area contributed by atoms with Crippen molar-refractivity contribution in [1.29, 1.82) is 0 Å². The van der Waals surface area contributed by atoms with E-state index in [1.165, 1.54) is 32.1 Å². The largest absolute Gasteiger partial charge is 0.357 e. The van der Waals surface area contributed by atoms with E-state index in [2.05, 4.69) is 29.8 Å². The lowest BCUT2D eigenvalue weighted by Crippen LogP contribution is -2.44. The van der Waals surface area contributed by atoms with Crippen molar-refractivity contribution in [3.8, 4) is 0 Å². The van der Waals surface area contributed by atoms with Crippen molar-refractivity contribution in [1.82, 2.24) is 16.0 Å². The van der Waals surface area contributed by atoms with Gasteiger partial charge in [-0.2, -0.15) is 0 Å². The summed E-state index contributed by atoms with van der Waals surface area (Å²) in [6.07, 6.45) is 7.30. The van der Waals surface area contributed by atoms with Gasteiger partial charge in [-0.05, 0) is 50.8 Å². The second-order valence-corrected chi connectivity index (χ2v) is 7.16. The molecular weight excluding hydrogens is 451 g/mol. The fraction of sp³-hybridized carbons (Fsp3) is 0.619. The molecule has 0 heterocycles. The fourth-order valence-corrected chi connectivity index (χ4v) is 3.15. The number of rotatable bonds is 7. The molecular formula is C21H35IN4O. The fourth-order valence-electron chi connectivity index (χ4n) is 3.15. The highest BCUT2D eigenvalue weighted by Gasteiger charge is 2.14. The van der Waals surface area contributed by atoms with Gasteiger partial charge < -0.3 is 16.0 Å². The van der Waals surface area contributed by atoms with Crippen LogP contribution in [0.1, 0.15) is 75.2 Å². The normalized spacial score (nSPS) is 16.2. The third-order valence-electron chi connectivity index (χ3n) is 4.89. The first kappa shape index (κ1) is 23.7. The number of aliphatic imine (C=N–C) groups is 1. The van der Waals surface area contributed by atoms with Crippen LogP contribution in [0.2, 0.25) is 0 Å². The van der Waals surface area contributed by atoms with Crippen molar-refractivity contribution in [2.75, 3.05) is 6.54 Å². The number of hydrogen-bond acceptors (Lipinski definition) is 2. The predicted octanol–water partition coefficient (Wildman–Crippen LogP) is 4.22. The Balaban J connectivity index is 0.00000364. The molecule has 0 aliphatic heterocycles. The first-order valence-electron chi connectivity index (χ1n) is 10.1. The number of amides is 1. The smallest absolute Gasteiger partial charge is 0.251 e. The zero-order chi connectivity index (χ0) is 18.8. The van der Waals surface area contributed by atoms with Gasteiger partial charge in [-0.3, -0.25) is 4.79 Å². The van der Waals surface area contributed by atoms with E-state index in [0.29, 0.717) is 18.2 Å². The van der Waals surface area contributed by atoms with Crippen molar-refractivity contribution in [3.05, 3.63) is 35.4 Å². The van der Waals surface area contributed by atoms with Gasteiger partial charge in [-0.1, -0.05) is 38.3 Å². The Hall–Kier alpha value is -1.31. The maximum Gasteiger partial charge on any atom is 0.251 e. The van der Waals surface area contributed by atoms with Gasteiger partial charge in [0.25, 0.3) is 5.91 Å². The summed E-state index contributed by atoms with van der Waals surface area (Å²) in [6, 6.07) is 8.45. The Morgan fingerprint density at radius 2 is 1.96 bits per heavy atom. The molecule has 0 bridgehead atoms. The molecule has 152 valence electrons. The van der Waals surface area contributed by atoms with Crippen molar-refractivity contribution >= 4 is 35.8 Å². The number of halogens is 1. The molecule has 1 aromatic carbocycles. The van der Waals surface area contributed by atoms with E-state index in [4.69, 9.17) is 4.99 Å². The van der Waals surface area contributed by atoms with Crippen LogP contribution in [0.15, 0.2) is 29.3 Å². The number of benzene rings is 1. The molecule has 6 heteroatoms. The van der Waals surface area contributed by atoms with Crippen LogP contribution in [0.3, 0.4) is 0 Å². The molecule has 1 fully saturated rings. The summed E-state index contributed by atoms with van der Waals surface area (Å²) < 4.78 is 0. The first-order valence-corrected chi connectivity index (χ1v) is 10.1. The second kappa shape index (κ2) is 13.0. The van der Waals surface area contributed by atoms with Crippen LogP contribution in [0, 0.1) is 0 Å². The number of nitrogens with one attached hydrogen (secondary N) is 3. The molecule has 1 aliphatic carbocycles. The van der Waals surface area contributed by atoms with E-state index < -0.39 is 0 Å². The average molecular weight is 486 g/mol. The number of carbonyl (C=O) groups is 1. The molecule has 1 amide bonds. The van der Waals surface area contributed by atoms with Crippen molar-refractivity contribution in [3.63, 3.8) is 0 Å². The lowest BCUT2D eigenvalue weighted by atomic mass is 9.96.